The van der Waals surface area contributed by atoms with E-state index in [1.807, 2.05) is 48.5 Å². The summed E-state index contributed by atoms with van der Waals surface area (Å²) in [5.41, 5.74) is 4.41. The van der Waals surface area contributed by atoms with E-state index < -0.39 is 5.56 Å². The number of ether oxygens (including phenoxy) is 1. The molecule has 3 aromatic rings. The molecular formula is C22H19N7O2S. The summed E-state index contributed by atoms with van der Waals surface area (Å²) in [6.07, 6.45) is 0. The maximum Gasteiger partial charge on any atom is 0.267 e. The van der Waals surface area contributed by atoms with Crippen molar-refractivity contribution in [3.8, 4) is 40.1 Å². The molecule has 0 fully saturated rings. The van der Waals surface area contributed by atoms with Crippen LogP contribution in [0, 0.1) is 22.7 Å². The molecule has 1 aromatic heterocycles. The molecule has 0 saturated carbocycles. The largest absolute Gasteiger partial charge is 0.497 e. The Balaban J connectivity index is 2.15. The van der Waals surface area contributed by atoms with Gasteiger partial charge in [0, 0.05) is 5.56 Å². The van der Waals surface area contributed by atoms with Gasteiger partial charge in [0.1, 0.15) is 29.3 Å². The van der Waals surface area contributed by atoms with Crippen LogP contribution < -0.4 is 27.4 Å². The van der Waals surface area contributed by atoms with E-state index in [1.54, 1.807) is 13.2 Å². The van der Waals surface area contributed by atoms with E-state index in [0.29, 0.717) is 5.56 Å². The standard InChI is InChI=1S/C22H19N7O2S/c1-31-16-7-5-13(6-8-16)14-3-2-4-15(9-14)20-17(10-23)21(30)27-22(18(20)11-24)32-12-19(28-25)29-26/h2-9H,12,25-26H2,1H3,(H,27,30)(H,28,29). The number of hydrazine groups is 1. The second-order valence-electron chi connectivity index (χ2n) is 6.45. The monoisotopic (exact) mass is 445 g/mol. The summed E-state index contributed by atoms with van der Waals surface area (Å²) in [6.45, 7) is 0. The van der Waals surface area contributed by atoms with Gasteiger partial charge in [0.2, 0.25) is 0 Å². The van der Waals surface area contributed by atoms with Crippen LogP contribution in [-0.4, -0.2) is 23.7 Å². The highest BCUT2D eigenvalue weighted by atomic mass is 32.2. The molecule has 160 valence electrons. The van der Waals surface area contributed by atoms with E-state index in [-0.39, 0.29) is 33.3 Å². The van der Waals surface area contributed by atoms with Gasteiger partial charge in [-0.3, -0.25) is 4.79 Å². The molecule has 0 aliphatic carbocycles. The summed E-state index contributed by atoms with van der Waals surface area (Å²) >= 11 is 1.12. The molecule has 0 spiro atoms. The zero-order valence-electron chi connectivity index (χ0n) is 17.0. The minimum absolute atomic E-state index is 0.137. The van der Waals surface area contributed by atoms with Crippen molar-refractivity contribution in [3.63, 3.8) is 0 Å². The van der Waals surface area contributed by atoms with Gasteiger partial charge in [0.15, 0.2) is 0 Å². The Kier molecular flexibility index (Phi) is 7.13. The van der Waals surface area contributed by atoms with Crippen LogP contribution in [0.2, 0.25) is 0 Å². The van der Waals surface area contributed by atoms with Gasteiger partial charge < -0.3 is 21.0 Å². The molecule has 0 atom stereocenters. The number of methoxy groups -OCH3 is 1. The smallest absolute Gasteiger partial charge is 0.267 e. The molecule has 0 bridgehead atoms. The van der Waals surface area contributed by atoms with E-state index >= 15 is 0 Å². The average Bonchev–Trinajstić information content (AvgIpc) is 2.84. The Hall–Kier alpha value is -4.25. The van der Waals surface area contributed by atoms with Crippen LogP contribution in [0.1, 0.15) is 11.1 Å². The molecule has 10 heteroatoms. The number of hydrazone groups is 1. The molecule has 0 amide bonds. The lowest BCUT2D eigenvalue weighted by molar-refractivity contribution is 0.415. The van der Waals surface area contributed by atoms with Crippen molar-refractivity contribution in [1.82, 2.24) is 10.4 Å². The van der Waals surface area contributed by atoms with Crippen LogP contribution >= 0.6 is 11.8 Å². The number of benzene rings is 2. The van der Waals surface area contributed by atoms with Crippen LogP contribution in [0.4, 0.5) is 0 Å². The first kappa shape index (κ1) is 22.4. The number of nitrogens with zero attached hydrogens (tertiary/aromatic N) is 3. The zero-order chi connectivity index (χ0) is 23.1. The minimum atomic E-state index is -0.592. The maximum absolute atomic E-state index is 12.6. The Morgan fingerprint density at radius 2 is 1.81 bits per heavy atom. The second kappa shape index (κ2) is 10.2. The molecule has 0 radical (unpaired) electrons. The fourth-order valence-electron chi connectivity index (χ4n) is 3.08. The van der Waals surface area contributed by atoms with Crippen molar-refractivity contribution in [1.29, 1.82) is 10.5 Å². The molecule has 3 rings (SSSR count). The van der Waals surface area contributed by atoms with Crippen molar-refractivity contribution in [2.45, 2.75) is 5.03 Å². The van der Waals surface area contributed by atoms with Gasteiger partial charge in [0.25, 0.3) is 5.56 Å². The number of pyridine rings is 1. The predicted octanol–water partition coefficient (Wildman–Crippen LogP) is 2.29. The minimum Gasteiger partial charge on any atom is -0.497 e. The van der Waals surface area contributed by atoms with Crippen molar-refractivity contribution in [3.05, 3.63) is 70.0 Å². The molecule has 0 aliphatic rings. The van der Waals surface area contributed by atoms with E-state index in [1.165, 1.54) is 0 Å². The topological polar surface area (TPSA) is 166 Å². The van der Waals surface area contributed by atoms with Crippen molar-refractivity contribution >= 4 is 17.6 Å². The summed E-state index contributed by atoms with van der Waals surface area (Å²) < 4.78 is 5.20. The summed E-state index contributed by atoms with van der Waals surface area (Å²) in [5.74, 6) is 11.8. The number of hydrogen-bond donors (Lipinski definition) is 4. The first-order valence-electron chi connectivity index (χ1n) is 9.27. The Labute approximate surface area is 188 Å². The van der Waals surface area contributed by atoms with Gasteiger partial charge >= 0.3 is 0 Å². The number of nitriles is 2. The predicted molar refractivity (Wildman–Crippen MR) is 124 cm³/mol. The number of nitrogens with one attached hydrogen (secondary N) is 2. The van der Waals surface area contributed by atoms with E-state index in [2.05, 4.69) is 21.6 Å². The molecule has 6 N–H and O–H groups in total. The molecular weight excluding hydrogens is 426 g/mol. The van der Waals surface area contributed by atoms with Crippen molar-refractivity contribution in [2.75, 3.05) is 12.9 Å². The third-order valence-electron chi connectivity index (χ3n) is 4.66. The lowest BCUT2D eigenvalue weighted by atomic mass is 9.94. The third kappa shape index (κ3) is 4.57. The Morgan fingerprint density at radius 1 is 1.12 bits per heavy atom. The lowest BCUT2D eigenvalue weighted by Gasteiger charge is -2.13. The van der Waals surface area contributed by atoms with Gasteiger partial charge in [-0.2, -0.15) is 15.6 Å². The molecule has 2 aromatic carbocycles. The van der Waals surface area contributed by atoms with Crippen molar-refractivity contribution < 1.29 is 4.74 Å². The number of aromatic nitrogens is 1. The van der Waals surface area contributed by atoms with Gasteiger partial charge in [-0.15, -0.1) is 0 Å². The first-order valence-corrected chi connectivity index (χ1v) is 10.3. The summed E-state index contributed by atoms with van der Waals surface area (Å²) in [4.78, 5) is 15.2. The number of H-pyrrole nitrogens is 1. The second-order valence-corrected chi connectivity index (χ2v) is 7.44. The van der Waals surface area contributed by atoms with Crippen LogP contribution in [0.3, 0.4) is 0 Å². The summed E-state index contributed by atoms with van der Waals surface area (Å²) in [5, 5.41) is 23.3. The summed E-state index contributed by atoms with van der Waals surface area (Å²) in [7, 11) is 1.59. The average molecular weight is 446 g/mol. The first-order chi connectivity index (χ1) is 15.6. The molecule has 9 nitrogen and oxygen atoms in total. The number of hydrogen-bond acceptors (Lipinski definition) is 8. The summed E-state index contributed by atoms with van der Waals surface area (Å²) in [6, 6.07) is 18.8. The molecule has 0 aliphatic heterocycles. The van der Waals surface area contributed by atoms with Gasteiger partial charge in [0.05, 0.1) is 23.5 Å². The fourth-order valence-corrected chi connectivity index (χ4v) is 3.98. The quantitative estimate of drug-likeness (QED) is 0.147. The number of aromatic amines is 1. The number of thioether (sulfide) groups is 1. The fraction of sp³-hybridized carbons (Fsp3) is 0.0909. The van der Waals surface area contributed by atoms with Crippen LogP contribution in [0.15, 0.2) is 63.5 Å². The van der Waals surface area contributed by atoms with E-state index in [0.717, 1.165) is 28.6 Å². The highest BCUT2D eigenvalue weighted by Gasteiger charge is 2.20. The van der Waals surface area contributed by atoms with Crippen LogP contribution in [0.25, 0.3) is 22.3 Å². The van der Waals surface area contributed by atoms with E-state index in [4.69, 9.17) is 16.4 Å². The highest BCUT2D eigenvalue weighted by molar-refractivity contribution is 8.00. The highest BCUT2D eigenvalue weighted by Crippen LogP contribution is 2.33. The Morgan fingerprint density at radius 3 is 2.41 bits per heavy atom. The molecule has 0 unspecified atom stereocenters. The molecule has 1 heterocycles. The molecule has 32 heavy (non-hydrogen) atoms. The van der Waals surface area contributed by atoms with Gasteiger partial charge in [-0.25, -0.2) is 5.84 Å². The maximum atomic E-state index is 12.6. The van der Waals surface area contributed by atoms with Gasteiger partial charge in [-0.05, 0) is 34.9 Å². The Bertz CT molecular complexity index is 1300. The molecule has 0 saturated heterocycles. The normalized spacial score (nSPS) is 10.8. The third-order valence-corrected chi connectivity index (χ3v) is 5.67. The van der Waals surface area contributed by atoms with Crippen LogP contribution in [0.5, 0.6) is 5.75 Å². The lowest BCUT2D eigenvalue weighted by Crippen LogP contribution is -2.33. The number of amidine groups is 1. The van der Waals surface area contributed by atoms with E-state index in [9.17, 15) is 15.3 Å². The van der Waals surface area contributed by atoms with Crippen molar-refractivity contribution in [2.24, 2.45) is 16.8 Å². The zero-order valence-corrected chi connectivity index (χ0v) is 17.9. The number of nitrogens with two attached hydrogens (primary N) is 2. The van der Waals surface area contributed by atoms with Crippen LogP contribution in [-0.2, 0) is 0 Å². The van der Waals surface area contributed by atoms with Gasteiger partial charge in [-0.1, -0.05) is 42.1 Å². The SMILES string of the molecule is COc1ccc(-c2cccc(-c3c(C#N)c(SCC(=NN)NN)[nH]c(=O)c3C#N)c2)cc1. The number of rotatable bonds is 6.